The summed E-state index contributed by atoms with van der Waals surface area (Å²) in [5, 5.41) is 2.66. The molecule has 0 heterocycles. The SMILES string of the molecule is CC(F)(F)COc1ccc(CCNC(=O)OC(C)(C)C)cc1. The maximum absolute atomic E-state index is 12.7. The lowest BCUT2D eigenvalue weighted by Crippen LogP contribution is -2.33. The molecule has 0 atom stereocenters. The van der Waals surface area contributed by atoms with Crippen LogP contribution in [0.5, 0.6) is 5.75 Å². The van der Waals surface area contributed by atoms with Crippen molar-refractivity contribution >= 4 is 6.09 Å². The van der Waals surface area contributed by atoms with Crippen molar-refractivity contribution in [3.05, 3.63) is 29.8 Å². The molecule has 0 unspecified atom stereocenters. The second-order valence-electron chi connectivity index (χ2n) is 6.18. The monoisotopic (exact) mass is 315 g/mol. The van der Waals surface area contributed by atoms with Gasteiger partial charge in [-0.15, -0.1) is 0 Å². The van der Waals surface area contributed by atoms with E-state index in [1.54, 1.807) is 45.0 Å². The minimum atomic E-state index is -2.85. The van der Waals surface area contributed by atoms with Gasteiger partial charge in [-0.25, -0.2) is 13.6 Å². The number of alkyl carbamates (subject to hydrolysis) is 1. The highest BCUT2D eigenvalue weighted by molar-refractivity contribution is 5.67. The second kappa shape index (κ2) is 7.42. The number of amides is 1. The molecule has 0 aliphatic carbocycles. The molecule has 1 aromatic rings. The summed E-state index contributed by atoms with van der Waals surface area (Å²) in [7, 11) is 0. The maximum Gasteiger partial charge on any atom is 0.407 e. The van der Waals surface area contributed by atoms with E-state index in [1.807, 2.05) is 0 Å². The molecule has 6 heteroatoms. The van der Waals surface area contributed by atoms with Gasteiger partial charge in [-0.1, -0.05) is 12.1 Å². The summed E-state index contributed by atoms with van der Waals surface area (Å²) in [6, 6.07) is 6.82. The number of carbonyl (C=O) groups is 1. The fraction of sp³-hybridized carbons (Fsp3) is 0.562. The van der Waals surface area contributed by atoms with E-state index >= 15 is 0 Å². The lowest BCUT2D eigenvalue weighted by molar-refractivity contribution is -0.0229. The number of rotatable bonds is 6. The Bertz CT molecular complexity index is 476. The molecule has 1 aromatic carbocycles. The van der Waals surface area contributed by atoms with Crippen LogP contribution in [-0.2, 0) is 11.2 Å². The van der Waals surface area contributed by atoms with Gasteiger partial charge in [0, 0.05) is 13.5 Å². The van der Waals surface area contributed by atoms with Crippen molar-refractivity contribution in [3.63, 3.8) is 0 Å². The van der Waals surface area contributed by atoms with Gasteiger partial charge in [-0.2, -0.15) is 0 Å². The molecule has 4 nitrogen and oxygen atoms in total. The van der Waals surface area contributed by atoms with Crippen LogP contribution in [0.15, 0.2) is 24.3 Å². The molecule has 0 saturated carbocycles. The van der Waals surface area contributed by atoms with E-state index in [2.05, 4.69) is 5.32 Å². The molecule has 0 radical (unpaired) electrons. The first-order chi connectivity index (χ1) is 10.1. The highest BCUT2D eigenvalue weighted by atomic mass is 19.3. The van der Waals surface area contributed by atoms with Crippen molar-refractivity contribution in [1.29, 1.82) is 0 Å². The predicted octanol–water partition coefficient (Wildman–Crippen LogP) is 3.79. The summed E-state index contributed by atoms with van der Waals surface area (Å²) < 4.78 is 35.4. The van der Waals surface area contributed by atoms with Crippen LogP contribution in [0.2, 0.25) is 0 Å². The molecule has 1 amide bonds. The molecular formula is C16H23F2NO3. The van der Waals surface area contributed by atoms with Gasteiger partial charge in [0.15, 0.2) is 6.61 Å². The molecule has 0 bridgehead atoms. The van der Waals surface area contributed by atoms with Crippen molar-refractivity contribution in [2.45, 2.75) is 45.6 Å². The van der Waals surface area contributed by atoms with Crippen molar-refractivity contribution in [3.8, 4) is 5.75 Å². The molecule has 0 aliphatic heterocycles. The van der Waals surface area contributed by atoms with E-state index in [0.717, 1.165) is 12.5 Å². The summed E-state index contributed by atoms with van der Waals surface area (Å²) >= 11 is 0. The van der Waals surface area contributed by atoms with E-state index in [9.17, 15) is 13.6 Å². The fourth-order valence-electron chi connectivity index (χ4n) is 1.59. The Morgan fingerprint density at radius 2 is 1.73 bits per heavy atom. The van der Waals surface area contributed by atoms with E-state index in [4.69, 9.17) is 9.47 Å². The summed E-state index contributed by atoms with van der Waals surface area (Å²) in [6.07, 6.45) is 0.154. The quantitative estimate of drug-likeness (QED) is 0.869. The van der Waals surface area contributed by atoms with Gasteiger partial charge in [0.05, 0.1) is 0 Å². The molecule has 0 saturated heterocycles. The lowest BCUT2D eigenvalue weighted by atomic mass is 10.1. The van der Waals surface area contributed by atoms with E-state index in [-0.39, 0.29) is 0 Å². The zero-order valence-corrected chi connectivity index (χ0v) is 13.4. The Morgan fingerprint density at radius 3 is 2.23 bits per heavy atom. The lowest BCUT2D eigenvalue weighted by Gasteiger charge is -2.19. The molecule has 0 fully saturated rings. The smallest absolute Gasteiger partial charge is 0.407 e. The Kier molecular flexibility index (Phi) is 6.14. The second-order valence-corrected chi connectivity index (χ2v) is 6.18. The Labute approximate surface area is 129 Å². The third-order valence-electron chi connectivity index (χ3n) is 2.50. The molecule has 124 valence electrons. The number of hydrogen-bond donors (Lipinski definition) is 1. The Morgan fingerprint density at radius 1 is 1.14 bits per heavy atom. The predicted molar refractivity (Wildman–Crippen MR) is 80.5 cm³/mol. The molecule has 0 spiro atoms. The van der Waals surface area contributed by atoms with Crippen LogP contribution in [0, 0.1) is 0 Å². The number of ether oxygens (including phenoxy) is 2. The van der Waals surface area contributed by atoms with Crippen LogP contribution in [0.3, 0.4) is 0 Å². The van der Waals surface area contributed by atoms with Crippen LogP contribution in [-0.4, -0.2) is 30.8 Å². The van der Waals surface area contributed by atoms with Gasteiger partial charge >= 0.3 is 6.09 Å². The average Bonchev–Trinajstić information content (AvgIpc) is 2.35. The number of hydrogen-bond acceptors (Lipinski definition) is 3. The first-order valence-electron chi connectivity index (χ1n) is 7.12. The number of benzene rings is 1. The summed E-state index contributed by atoms with van der Waals surface area (Å²) in [5.74, 6) is -2.46. The first-order valence-corrected chi connectivity index (χ1v) is 7.12. The van der Waals surface area contributed by atoms with Crippen LogP contribution >= 0.6 is 0 Å². The first kappa shape index (κ1) is 18.2. The van der Waals surface area contributed by atoms with Crippen molar-refractivity contribution in [2.75, 3.05) is 13.2 Å². The van der Waals surface area contributed by atoms with Crippen LogP contribution in [0.1, 0.15) is 33.3 Å². The number of nitrogens with one attached hydrogen (secondary N) is 1. The standard InChI is InChI=1S/C16H23F2NO3/c1-15(2,3)22-14(20)19-10-9-12-5-7-13(8-6-12)21-11-16(4,17)18/h5-8H,9-11H2,1-4H3,(H,19,20). The van der Waals surface area contributed by atoms with Crippen LogP contribution in [0.4, 0.5) is 13.6 Å². The van der Waals surface area contributed by atoms with Gasteiger partial charge < -0.3 is 14.8 Å². The van der Waals surface area contributed by atoms with E-state index in [0.29, 0.717) is 18.7 Å². The van der Waals surface area contributed by atoms with Crippen molar-refractivity contribution in [2.24, 2.45) is 0 Å². The summed E-state index contributed by atoms with van der Waals surface area (Å²) in [4.78, 5) is 11.5. The van der Waals surface area contributed by atoms with Gasteiger partial charge in [0.25, 0.3) is 5.92 Å². The maximum atomic E-state index is 12.7. The van der Waals surface area contributed by atoms with E-state index in [1.165, 1.54) is 0 Å². The Hall–Kier alpha value is -1.85. The van der Waals surface area contributed by atoms with E-state index < -0.39 is 24.2 Å². The molecule has 0 aromatic heterocycles. The summed E-state index contributed by atoms with van der Waals surface area (Å²) in [5.41, 5.74) is 0.441. The molecular weight excluding hydrogens is 292 g/mol. The third kappa shape index (κ3) is 8.44. The van der Waals surface area contributed by atoms with Crippen molar-refractivity contribution < 1.29 is 23.0 Å². The van der Waals surface area contributed by atoms with Gasteiger partial charge in [0.2, 0.25) is 0 Å². The van der Waals surface area contributed by atoms with Gasteiger partial charge in [-0.05, 0) is 44.9 Å². The highest BCUT2D eigenvalue weighted by Crippen LogP contribution is 2.17. The van der Waals surface area contributed by atoms with Gasteiger partial charge in [0.1, 0.15) is 11.4 Å². The summed E-state index contributed by atoms with van der Waals surface area (Å²) in [6.45, 7) is 5.99. The fourth-order valence-corrected chi connectivity index (χ4v) is 1.59. The minimum absolute atomic E-state index is 0.394. The molecule has 22 heavy (non-hydrogen) atoms. The molecule has 1 N–H and O–H groups in total. The van der Waals surface area contributed by atoms with Gasteiger partial charge in [-0.3, -0.25) is 0 Å². The Balaban J connectivity index is 2.34. The molecule has 0 aliphatic rings. The highest BCUT2D eigenvalue weighted by Gasteiger charge is 2.21. The molecule has 1 rings (SSSR count). The zero-order valence-electron chi connectivity index (χ0n) is 13.4. The minimum Gasteiger partial charge on any atom is -0.487 e. The largest absolute Gasteiger partial charge is 0.487 e. The normalized spacial score (nSPS) is 11.9. The zero-order chi connectivity index (χ0) is 16.8. The number of carbonyl (C=O) groups excluding carboxylic acids is 1. The van der Waals surface area contributed by atoms with Crippen molar-refractivity contribution in [1.82, 2.24) is 5.32 Å². The van der Waals surface area contributed by atoms with Crippen LogP contribution < -0.4 is 10.1 Å². The van der Waals surface area contributed by atoms with Crippen LogP contribution in [0.25, 0.3) is 0 Å². The third-order valence-corrected chi connectivity index (χ3v) is 2.50. The average molecular weight is 315 g/mol. The number of halogens is 2. The number of alkyl halides is 2. The topological polar surface area (TPSA) is 47.6 Å².